The van der Waals surface area contributed by atoms with Gasteiger partial charge in [0.15, 0.2) is 28.7 Å². The molecule has 10 rings (SSSR count). The van der Waals surface area contributed by atoms with Crippen LogP contribution in [-0.4, -0.2) is 152 Å². The van der Waals surface area contributed by atoms with Crippen molar-refractivity contribution in [2.24, 2.45) is 17.6 Å². The fourth-order valence-electron chi connectivity index (χ4n) is 12.6. The second-order valence-electron chi connectivity index (χ2n) is 25.9. The monoisotopic (exact) mass is 1600 g/mol. The van der Waals surface area contributed by atoms with Crippen LogP contribution in [0.1, 0.15) is 128 Å². The average molecular weight is 1610 g/mol. The van der Waals surface area contributed by atoms with Gasteiger partial charge in [0.25, 0.3) is 11.5 Å². The summed E-state index contributed by atoms with van der Waals surface area (Å²) in [7, 11) is 2.97. The van der Waals surface area contributed by atoms with Crippen molar-refractivity contribution in [1.82, 2.24) is 35.9 Å². The number of aromatic nitrogens is 4. The number of benzene rings is 5. The first-order chi connectivity index (χ1) is 54.2. The van der Waals surface area contributed by atoms with Crippen LogP contribution in [0.2, 0.25) is 0 Å². The summed E-state index contributed by atoms with van der Waals surface area (Å²) >= 11 is 6.50. The smallest absolute Gasteiger partial charge is 0.373 e. The summed E-state index contributed by atoms with van der Waals surface area (Å²) in [6.07, 6.45) is 8.19. The first-order valence-corrected chi connectivity index (χ1v) is 38.3. The van der Waals surface area contributed by atoms with Gasteiger partial charge < -0.3 is 53.0 Å². The highest BCUT2D eigenvalue weighted by Gasteiger charge is 2.40. The molecule has 592 valence electrons. The van der Waals surface area contributed by atoms with Crippen LogP contribution in [0.3, 0.4) is 0 Å². The summed E-state index contributed by atoms with van der Waals surface area (Å²) in [6.45, 7) is 5.55. The van der Waals surface area contributed by atoms with Gasteiger partial charge in [-0.1, -0.05) is 90.0 Å². The first kappa shape index (κ1) is 89.4. The number of Topliss-reactive ketones (excluding diaryl/α,β-unsaturated/α-hetero) is 3. The first-order valence-electron chi connectivity index (χ1n) is 35.2. The third kappa shape index (κ3) is 27.2. The van der Waals surface area contributed by atoms with Gasteiger partial charge in [-0.05, 0) is 108 Å². The quantitative estimate of drug-likeness (QED) is 0.00308. The molecule has 0 saturated heterocycles. The molecule has 0 spiro atoms. The zero-order valence-electron chi connectivity index (χ0n) is 61.5. The highest BCUT2D eigenvalue weighted by Crippen LogP contribution is 2.46. The van der Waals surface area contributed by atoms with Gasteiger partial charge >= 0.3 is 30.6 Å². The standard InChI is InChI=1S/C73H81ClN14O11S2.4CO2/c1-40(29-53(90)9-4-7-13-60(91)44-17-14-43(15-18-44)16-20-52-38-80-66-65(82-52)70(97)87-73(77)86-66)68(95)85-57(12-8-25-79-72(75)76)61(92)30-41(2)67(94)78-26-28-101-100-27-24-63(93)81-50-21-19-45-31-48(32-46(45)33-50)69(96)83-51-22-23-56-47(34-51)35-58(84-56)71(98)88-39-49(37-74)64-55-11-6-5-10-54(55)62(36-59(64)88)99-42(3)89;4*2-1-3/h5-6,10-11,14-15,17-19,21-23,32-34,36,38,40-41,49,57-58,84H,4,7-9,12-13,16,20,24-31,35,37,39H2,1-3H3,(H,78,94)(H,81,93)(H,83,96)(H,85,95)(H4,75,76,79)(H3,77,80,86,87,97);;;;/t40-,41-,49?,57+,58?;;;;/m1..../s1. The van der Waals surface area contributed by atoms with Gasteiger partial charge in [0.1, 0.15) is 17.6 Å². The Morgan fingerprint density at radius 3 is 2.10 bits per heavy atom. The molecule has 5 aromatic carbocycles. The molecule has 2 unspecified atom stereocenters. The third-order valence-corrected chi connectivity index (χ3v) is 20.6. The minimum atomic E-state index is -0.953. The molecule has 7 aromatic rings. The molecule has 36 heteroatoms. The lowest BCUT2D eigenvalue weighted by Crippen LogP contribution is -2.45. The Hall–Kier alpha value is -12.5. The average Bonchev–Trinajstić information content (AvgIpc) is 1.61. The van der Waals surface area contributed by atoms with E-state index >= 15 is 0 Å². The lowest BCUT2D eigenvalue weighted by molar-refractivity contribution is -0.193. The van der Waals surface area contributed by atoms with Crippen molar-refractivity contribution in [1.29, 1.82) is 5.41 Å². The Morgan fingerprint density at radius 1 is 0.743 bits per heavy atom. The van der Waals surface area contributed by atoms with E-state index in [0.717, 1.165) is 44.3 Å². The van der Waals surface area contributed by atoms with E-state index in [0.29, 0.717) is 115 Å². The Bertz CT molecular complexity index is 4850. The number of fused-ring (bicyclic) bond motifs is 6. The van der Waals surface area contributed by atoms with Gasteiger partial charge in [-0.3, -0.25) is 58.3 Å². The second-order valence-corrected chi connectivity index (χ2v) is 28.9. The predicted octanol–water partition coefficient (Wildman–Crippen LogP) is 6.32. The number of ketones is 3. The summed E-state index contributed by atoms with van der Waals surface area (Å²) < 4.78 is 5.61. The highest BCUT2D eigenvalue weighted by molar-refractivity contribution is 8.76. The van der Waals surface area contributed by atoms with Crippen molar-refractivity contribution < 1.29 is 86.2 Å². The van der Waals surface area contributed by atoms with Crippen LogP contribution in [0.5, 0.6) is 5.75 Å². The Morgan fingerprint density at radius 2 is 1.41 bits per heavy atom. The van der Waals surface area contributed by atoms with Crippen LogP contribution in [0.15, 0.2) is 108 Å². The van der Waals surface area contributed by atoms with E-state index in [1.54, 1.807) is 49.2 Å². The molecule has 33 nitrogen and oxygen atoms in total. The molecule has 0 radical (unpaired) electrons. The van der Waals surface area contributed by atoms with E-state index in [-0.39, 0.29) is 140 Å². The maximum absolute atomic E-state index is 14.3. The number of H-pyrrole nitrogens is 1. The number of esters is 1. The van der Waals surface area contributed by atoms with Crippen LogP contribution in [0.25, 0.3) is 28.0 Å². The van der Waals surface area contributed by atoms with Gasteiger partial charge in [0, 0.05) is 146 Å². The van der Waals surface area contributed by atoms with Crippen LogP contribution < -0.4 is 58.6 Å². The van der Waals surface area contributed by atoms with Crippen molar-refractivity contribution in [3.8, 4) is 5.75 Å². The Balaban J connectivity index is 0.00000156. The number of aromatic amines is 1. The van der Waals surface area contributed by atoms with Gasteiger partial charge in [0.05, 0.1) is 23.6 Å². The summed E-state index contributed by atoms with van der Waals surface area (Å²) in [5, 5.41) is 26.8. The maximum Gasteiger partial charge on any atom is 0.373 e. The number of hydrogen-bond donors (Lipinski definition) is 10. The number of hydrogen-bond acceptors (Lipinski definition) is 27. The highest BCUT2D eigenvalue weighted by atomic mass is 35.5. The number of carbonyl (C=O) groups is 9. The predicted molar refractivity (Wildman–Crippen MR) is 414 cm³/mol. The van der Waals surface area contributed by atoms with Gasteiger partial charge in [-0.2, -0.15) is 43.3 Å². The fourth-order valence-corrected chi connectivity index (χ4v) is 14.8. The van der Waals surface area contributed by atoms with E-state index in [1.165, 1.54) is 28.5 Å². The number of nitrogen functional groups attached to an aromatic ring is 1. The maximum atomic E-state index is 14.3. The number of aryl methyl sites for hydroxylation is 2. The molecule has 1 aliphatic carbocycles. The van der Waals surface area contributed by atoms with Crippen LogP contribution in [-0.2, 0) is 102 Å². The van der Waals surface area contributed by atoms with E-state index in [2.05, 4.69) is 51.8 Å². The number of anilines is 5. The van der Waals surface area contributed by atoms with Crippen molar-refractivity contribution in [2.75, 3.05) is 63.6 Å². The third-order valence-electron chi connectivity index (χ3n) is 17.8. The van der Waals surface area contributed by atoms with E-state index in [1.807, 2.05) is 72.8 Å². The number of halogens is 1. The number of amides is 5. The van der Waals surface area contributed by atoms with Gasteiger partial charge in [0.2, 0.25) is 29.6 Å². The molecular formula is C77H81ClN14O19S2. The number of rotatable bonds is 34. The second kappa shape index (κ2) is 45.6. The van der Waals surface area contributed by atoms with Crippen molar-refractivity contribution >= 4 is 173 Å². The summed E-state index contributed by atoms with van der Waals surface area (Å²) in [4.78, 5) is 213. The summed E-state index contributed by atoms with van der Waals surface area (Å²) in [5.41, 5.74) is 19.7. The Labute approximate surface area is 658 Å². The molecule has 2 aliphatic heterocycles. The molecule has 5 amide bonds. The number of nitrogens with two attached hydrogens (primary N) is 2. The number of ether oxygens (including phenoxy) is 1. The zero-order chi connectivity index (χ0) is 82.7. The fraction of sp³-hybridized carbons (Fsp3) is 0.351. The van der Waals surface area contributed by atoms with Crippen molar-refractivity contribution in [2.45, 2.75) is 122 Å². The zero-order valence-corrected chi connectivity index (χ0v) is 63.9. The number of unbranched alkanes of at least 4 members (excludes halogenated alkanes) is 1. The molecule has 0 saturated carbocycles. The molecule has 3 aliphatic rings. The minimum Gasteiger partial charge on any atom is -0.426 e. The number of guanidine groups is 1. The van der Waals surface area contributed by atoms with Crippen molar-refractivity contribution in [3.05, 3.63) is 152 Å². The molecule has 4 heterocycles. The molecule has 0 bridgehead atoms. The molecule has 113 heavy (non-hydrogen) atoms. The lowest BCUT2D eigenvalue weighted by Gasteiger charge is -2.23. The largest absolute Gasteiger partial charge is 0.426 e. The minimum absolute atomic E-state index is 0.0368. The molecule has 5 atom stereocenters. The molecule has 2 aromatic heterocycles. The topological polar surface area (TPSA) is 522 Å². The summed E-state index contributed by atoms with van der Waals surface area (Å²) in [5.74, 6) is -2.62. The number of nitrogens with one attached hydrogen (secondary N) is 8. The number of alkyl halides is 1. The molecule has 12 N–H and O–H groups in total. The van der Waals surface area contributed by atoms with Crippen LogP contribution in [0.4, 0.5) is 28.7 Å². The van der Waals surface area contributed by atoms with E-state index in [4.69, 9.17) is 71.6 Å². The summed E-state index contributed by atoms with van der Waals surface area (Å²) in [6, 6.07) is 26.1. The number of nitrogens with zero attached hydrogens (tertiary/aromatic N) is 4. The van der Waals surface area contributed by atoms with E-state index in [9.17, 15) is 47.9 Å². The SMILES string of the molecule is CC(=O)Oc1cc2c(c3ccccc13)C(CCl)CN2C(=O)C1Cc2cc(NC(=O)C3=Cc4cc(NC(=O)CCSSCCNC(=O)[C@H](C)CC(=O)[C@H](CCCNC(=N)N)NC(=O)[C@H](C)CC(=O)CCCCC(=O)c5ccc(CCc6cnc7nc(N)[nH]c(=O)c7n6)cc5)ccc4C3)ccc2N1.O=C=O.O=C=O.O=C=O.O=C=O. The number of carbonyl (C=O) groups excluding carboxylic acids is 17. The normalized spacial score (nSPS) is 13.7. The Kier molecular flexibility index (Phi) is 36.1. The lowest BCUT2D eigenvalue weighted by atomic mass is 9.95. The molecular weight excluding hydrogens is 1520 g/mol. The van der Waals surface area contributed by atoms with Crippen LogP contribution >= 0.6 is 33.2 Å². The molecule has 0 fully saturated rings. The van der Waals surface area contributed by atoms with Crippen molar-refractivity contribution in [3.63, 3.8) is 0 Å². The van der Waals surface area contributed by atoms with E-state index < -0.39 is 41.4 Å². The van der Waals surface area contributed by atoms with Crippen LogP contribution in [0, 0.1) is 17.2 Å². The van der Waals surface area contributed by atoms with Gasteiger partial charge in [-0.15, -0.1) is 11.6 Å². The van der Waals surface area contributed by atoms with Gasteiger partial charge in [-0.25, -0.2) is 9.97 Å².